The monoisotopic (exact) mass is 278 g/mol. The topological polar surface area (TPSA) is 52.2 Å². The summed E-state index contributed by atoms with van der Waals surface area (Å²) in [5.74, 6) is 0. The zero-order valence-corrected chi connectivity index (χ0v) is 12.9. The number of likely N-dealkylation sites (N-methyl/N-ethyl adjacent to an activating group) is 2. The molecule has 112 valence electrons. The summed E-state index contributed by atoms with van der Waals surface area (Å²) in [6.07, 6.45) is 5.16. The Bertz CT molecular complexity index is 495. The van der Waals surface area contributed by atoms with Gasteiger partial charge in [0.2, 0.25) is 0 Å². The Morgan fingerprint density at radius 2 is 1.75 bits per heavy atom. The van der Waals surface area contributed by atoms with E-state index in [-0.39, 0.29) is 5.56 Å². The maximum Gasteiger partial charge on any atom is 0.267 e. The van der Waals surface area contributed by atoms with E-state index in [1.54, 1.807) is 0 Å². The minimum absolute atomic E-state index is 0.0180. The summed E-state index contributed by atoms with van der Waals surface area (Å²) < 4.78 is 0. The zero-order chi connectivity index (χ0) is 14.5. The molecule has 0 radical (unpaired) electrons. The lowest BCUT2D eigenvalue weighted by atomic mass is 9.91. The lowest BCUT2D eigenvalue weighted by molar-refractivity contribution is 0.283. The van der Waals surface area contributed by atoms with Crippen LogP contribution in [0.2, 0.25) is 0 Å². The van der Waals surface area contributed by atoms with Gasteiger partial charge in [-0.2, -0.15) is 5.10 Å². The second-order valence-electron chi connectivity index (χ2n) is 6.02. The van der Waals surface area contributed by atoms with Gasteiger partial charge in [0.05, 0.1) is 5.69 Å². The highest BCUT2D eigenvalue weighted by atomic mass is 16.1. The molecule has 1 aromatic heterocycles. The van der Waals surface area contributed by atoms with Gasteiger partial charge < -0.3 is 9.80 Å². The highest BCUT2D eigenvalue weighted by Crippen LogP contribution is 2.20. The van der Waals surface area contributed by atoms with Crippen molar-refractivity contribution in [1.29, 1.82) is 0 Å². The first kappa shape index (κ1) is 15.2. The first-order valence-corrected chi connectivity index (χ1v) is 7.50. The number of aromatic amines is 1. The predicted molar refractivity (Wildman–Crippen MR) is 81.3 cm³/mol. The third-order valence-electron chi connectivity index (χ3n) is 4.04. The van der Waals surface area contributed by atoms with Crippen molar-refractivity contribution in [2.45, 2.75) is 32.1 Å². The minimum atomic E-state index is 0.0180. The summed E-state index contributed by atoms with van der Waals surface area (Å²) >= 11 is 0. The van der Waals surface area contributed by atoms with E-state index >= 15 is 0 Å². The molecule has 1 N–H and O–H groups in total. The van der Waals surface area contributed by atoms with Gasteiger partial charge in [-0.3, -0.25) is 4.79 Å². The molecule has 0 saturated heterocycles. The summed E-state index contributed by atoms with van der Waals surface area (Å²) in [6.45, 7) is 3.10. The van der Waals surface area contributed by atoms with Gasteiger partial charge in [-0.1, -0.05) is 0 Å². The fraction of sp³-hybridized carbons (Fsp3) is 0.733. The van der Waals surface area contributed by atoms with Gasteiger partial charge in [-0.25, -0.2) is 5.10 Å². The fourth-order valence-electron chi connectivity index (χ4n) is 2.71. The van der Waals surface area contributed by atoms with E-state index in [0.717, 1.165) is 56.6 Å². The van der Waals surface area contributed by atoms with Crippen LogP contribution in [-0.4, -0.2) is 60.8 Å². The van der Waals surface area contributed by atoms with Gasteiger partial charge in [0, 0.05) is 31.6 Å². The number of hydrogen-bond acceptors (Lipinski definition) is 4. The van der Waals surface area contributed by atoms with Crippen molar-refractivity contribution >= 4 is 0 Å². The maximum absolute atomic E-state index is 11.8. The quantitative estimate of drug-likeness (QED) is 0.831. The Morgan fingerprint density at radius 1 is 1.05 bits per heavy atom. The first-order valence-electron chi connectivity index (χ1n) is 7.50. The molecule has 0 amide bonds. The summed E-state index contributed by atoms with van der Waals surface area (Å²) in [5.41, 5.74) is 3.32. The summed E-state index contributed by atoms with van der Waals surface area (Å²) in [5, 5.41) is 6.95. The number of hydrogen-bond donors (Lipinski definition) is 1. The predicted octanol–water partition coefficient (Wildman–Crippen LogP) is 0.685. The number of H-pyrrole nitrogens is 1. The van der Waals surface area contributed by atoms with Crippen molar-refractivity contribution in [1.82, 2.24) is 20.0 Å². The van der Waals surface area contributed by atoms with E-state index in [1.165, 1.54) is 12.0 Å². The van der Waals surface area contributed by atoms with Crippen LogP contribution in [0.3, 0.4) is 0 Å². The van der Waals surface area contributed by atoms with Gasteiger partial charge in [0.1, 0.15) is 0 Å². The minimum Gasteiger partial charge on any atom is -0.308 e. The Balaban J connectivity index is 1.98. The van der Waals surface area contributed by atoms with Crippen molar-refractivity contribution in [3.63, 3.8) is 0 Å². The van der Waals surface area contributed by atoms with Crippen molar-refractivity contribution in [3.05, 3.63) is 27.2 Å². The standard InChI is InChI=1S/C15H26N4O/c1-18(2)10-11-19(3)9-8-14-12-6-4-5-7-13(12)15(20)17-16-14/h4-11H2,1-3H3,(H,17,20). The number of nitrogens with one attached hydrogen (secondary N) is 1. The van der Waals surface area contributed by atoms with Crippen LogP contribution in [0.25, 0.3) is 0 Å². The second-order valence-corrected chi connectivity index (χ2v) is 6.02. The third kappa shape index (κ3) is 3.90. The second kappa shape index (κ2) is 6.99. The van der Waals surface area contributed by atoms with E-state index in [4.69, 9.17) is 0 Å². The van der Waals surface area contributed by atoms with Crippen molar-refractivity contribution in [3.8, 4) is 0 Å². The van der Waals surface area contributed by atoms with E-state index in [0.29, 0.717) is 0 Å². The molecule has 0 unspecified atom stereocenters. The molecule has 0 spiro atoms. The number of fused-ring (bicyclic) bond motifs is 1. The molecule has 2 rings (SSSR count). The van der Waals surface area contributed by atoms with Crippen LogP contribution in [0.5, 0.6) is 0 Å². The molecule has 1 aromatic rings. The summed E-state index contributed by atoms with van der Waals surface area (Å²) in [6, 6.07) is 0. The van der Waals surface area contributed by atoms with Crippen LogP contribution in [-0.2, 0) is 19.3 Å². The lowest BCUT2D eigenvalue weighted by Crippen LogP contribution is -2.31. The highest BCUT2D eigenvalue weighted by Gasteiger charge is 2.17. The smallest absolute Gasteiger partial charge is 0.267 e. The lowest BCUT2D eigenvalue weighted by Gasteiger charge is -2.21. The summed E-state index contributed by atoms with van der Waals surface area (Å²) in [7, 11) is 6.32. The molecule has 0 aromatic carbocycles. The van der Waals surface area contributed by atoms with E-state index in [9.17, 15) is 4.79 Å². The molecule has 0 saturated carbocycles. The van der Waals surface area contributed by atoms with Gasteiger partial charge in [-0.05, 0) is 52.4 Å². The molecule has 0 aliphatic heterocycles. The van der Waals surface area contributed by atoms with Gasteiger partial charge in [0.25, 0.3) is 5.56 Å². The van der Waals surface area contributed by atoms with Crippen molar-refractivity contribution in [2.75, 3.05) is 40.8 Å². The Hall–Kier alpha value is -1.20. The first-order chi connectivity index (χ1) is 9.58. The third-order valence-corrected chi connectivity index (χ3v) is 4.04. The van der Waals surface area contributed by atoms with Crippen molar-refractivity contribution < 1.29 is 0 Å². The van der Waals surface area contributed by atoms with Gasteiger partial charge in [0.15, 0.2) is 0 Å². The average Bonchev–Trinajstić information content (AvgIpc) is 2.45. The van der Waals surface area contributed by atoms with Crippen LogP contribution in [0.1, 0.15) is 29.7 Å². The maximum atomic E-state index is 11.8. The molecule has 0 bridgehead atoms. The molecular formula is C15H26N4O. The molecule has 1 heterocycles. The largest absolute Gasteiger partial charge is 0.308 e. The van der Waals surface area contributed by atoms with Crippen molar-refractivity contribution in [2.24, 2.45) is 0 Å². The normalized spacial score (nSPS) is 14.8. The molecule has 1 aliphatic rings. The SMILES string of the molecule is CN(C)CCN(C)CCc1n[nH]c(=O)c2c1CCCC2. The molecular weight excluding hydrogens is 252 g/mol. The van der Waals surface area contributed by atoms with Crippen LogP contribution in [0, 0.1) is 0 Å². The van der Waals surface area contributed by atoms with E-state index in [2.05, 4.69) is 41.1 Å². The molecule has 1 aliphatic carbocycles. The van der Waals surface area contributed by atoms with Crippen LogP contribution in [0.15, 0.2) is 4.79 Å². The number of nitrogens with zero attached hydrogens (tertiary/aromatic N) is 3. The number of rotatable bonds is 6. The van der Waals surface area contributed by atoms with Gasteiger partial charge in [-0.15, -0.1) is 0 Å². The molecule has 0 atom stereocenters. The average molecular weight is 278 g/mol. The number of aromatic nitrogens is 2. The van der Waals surface area contributed by atoms with E-state index in [1.807, 2.05) is 0 Å². The van der Waals surface area contributed by atoms with Crippen LogP contribution < -0.4 is 5.56 Å². The summed E-state index contributed by atoms with van der Waals surface area (Å²) in [4.78, 5) is 16.3. The Labute approximate surface area is 121 Å². The molecule has 5 heteroatoms. The van der Waals surface area contributed by atoms with Gasteiger partial charge >= 0.3 is 0 Å². The van der Waals surface area contributed by atoms with Crippen LogP contribution >= 0.6 is 0 Å². The highest BCUT2D eigenvalue weighted by molar-refractivity contribution is 5.30. The van der Waals surface area contributed by atoms with E-state index < -0.39 is 0 Å². The zero-order valence-electron chi connectivity index (χ0n) is 12.9. The fourth-order valence-corrected chi connectivity index (χ4v) is 2.71. The molecule has 5 nitrogen and oxygen atoms in total. The molecule has 20 heavy (non-hydrogen) atoms. The molecule has 0 fully saturated rings. The van der Waals surface area contributed by atoms with Crippen LogP contribution in [0.4, 0.5) is 0 Å². The Morgan fingerprint density at radius 3 is 2.45 bits per heavy atom. The Kier molecular flexibility index (Phi) is 5.31.